The van der Waals surface area contributed by atoms with Crippen LogP contribution in [0.2, 0.25) is 15.1 Å². The summed E-state index contributed by atoms with van der Waals surface area (Å²) >= 11 is 17.8. The number of nitro benzene ring substituents is 1. The van der Waals surface area contributed by atoms with E-state index in [0.717, 1.165) is 12.1 Å². The Balaban J connectivity index is 1.82. The van der Waals surface area contributed by atoms with Crippen LogP contribution < -0.4 is 4.90 Å². The van der Waals surface area contributed by atoms with Crippen LogP contribution in [0.1, 0.15) is 15.9 Å². The quantitative estimate of drug-likeness (QED) is 0.355. The van der Waals surface area contributed by atoms with Gasteiger partial charge in [-0.25, -0.2) is 0 Å². The zero-order valence-corrected chi connectivity index (χ0v) is 17.7. The van der Waals surface area contributed by atoms with Crippen molar-refractivity contribution < 1.29 is 28.0 Å². The third-order valence-corrected chi connectivity index (χ3v) is 5.84. The van der Waals surface area contributed by atoms with Crippen LogP contribution in [0.15, 0.2) is 24.3 Å². The lowest BCUT2D eigenvalue weighted by Gasteiger charge is -2.36. The number of rotatable bonds is 3. The molecule has 1 aliphatic heterocycles. The molecule has 1 amide bonds. The Morgan fingerprint density at radius 2 is 1.68 bits per heavy atom. The molecule has 0 radical (unpaired) electrons. The summed E-state index contributed by atoms with van der Waals surface area (Å²) in [5.74, 6) is -1.17. The Bertz CT molecular complexity index is 1030. The highest BCUT2D eigenvalue weighted by atomic mass is 35.5. The molecule has 1 saturated heterocycles. The van der Waals surface area contributed by atoms with E-state index in [9.17, 15) is 33.2 Å². The molecule has 3 rings (SSSR count). The smallest absolute Gasteiger partial charge is 0.416 e. The topological polar surface area (TPSA) is 86.9 Å². The zero-order chi connectivity index (χ0) is 23.1. The van der Waals surface area contributed by atoms with Crippen molar-refractivity contribution in [1.29, 1.82) is 0 Å². The van der Waals surface area contributed by atoms with Gasteiger partial charge in [0.1, 0.15) is 17.0 Å². The predicted molar refractivity (Wildman–Crippen MR) is 109 cm³/mol. The van der Waals surface area contributed by atoms with E-state index in [1.165, 1.54) is 15.9 Å². The first-order valence-corrected chi connectivity index (χ1v) is 9.81. The van der Waals surface area contributed by atoms with Crippen LogP contribution in [-0.4, -0.2) is 47.0 Å². The van der Waals surface area contributed by atoms with Crippen molar-refractivity contribution in [3.63, 3.8) is 0 Å². The summed E-state index contributed by atoms with van der Waals surface area (Å²) in [7, 11) is 0. The van der Waals surface area contributed by atoms with Crippen molar-refractivity contribution in [2.24, 2.45) is 0 Å². The van der Waals surface area contributed by atoms with Crippen molar-refractivity contribution in [3.05, 3.63) is 60.6 Å². The molecule has 0 saturated carbocycles. The summed E-state index contributed by atoms with van der Waals surface area (Å²) in [4.78, 5) is 26.1. The number of hydrogen-bond acceptors (Lipinski definition) is 5. The number of carbonyl (C=O) groups is 1. The molecule has 0 unspecified atom stereocenters. The number of nitrogens with zero attached hydrogens (tertiary/aromatic N) is 3. The molecule has 0 aliphatic carbocycles. The Kier molecular flexibility index (Phi) is 6.45. The van der Waals surface area contributed by atoms with Gasteiger partial charge in [0.15, 0.2) is 0 Å². The minimum Gasteiger partial charge on any atom is -0.505 e. The van der Waals surface area contributed by atoms with Crippen LogP contribution in [0.3, 0.4) is 0 Å². The maximum atomic E-state index is 12.9. The molecule has 2 aromatic rings. The lowest BCUT2D eigenvalue weighted by molar-refractivity contribution is -0.384. The van der Waals surface area contributed by atoms with E-state index in [0.29, 0.717) is 6.07 Å². The van der Waals surface area contributed by atoms with Crippen LogP contribution in [0.5, 0.6) is 5.75 Å². The van der Waals surface area contributed by atoms with Crippen LogP contribution in [0.25, 0.3) is 0 Å². The van der Waals surface area contributed by atoms with Crippen molar-refractivity contribution in [1.82, 2.24) is 4.90 Å². The van der Waals surface area contributed by atoms with Crippen molar-refractivity contribution in [3.8, 4) is 5.75 Å². The molecule has 2 aromatic carbocycles. The molecule has 1 heterocycles. The number of amides is 1. The number of alkyl halides is 3. The lowest BCUT2D eigenvalue weighted by atomic mass is 10.1. The summed E-state index contributed by atoms with van der Waals surface area (Å²) in [6, 6.07) is 3.49. The van der Waals surface area contributed by atoms with E-state index < -0.39 is 34.0 Å². The molecule has 1 fully saturated rings. The molecule has 1 aliphatic rings. The molecule has 166 valence electrons. The van der Waals surface area contributed by atoms with Gasteiger partial charge in [-0.2, -0.15) is 13.2 Å². The molecule has 1 N–H and O–H groups in total. The standard InChI is InChI=1S/C18H13Cl3F3N3O4/c19-10-8-11(20)16(28)14(15(10)21)17(29)26-5-3-25(4-6-26)12-2-1-9(18(22,23)24)7-13(12)27(30)31/h1-2,7-8,28H,3-6H2. The average molecular weight is 499 g/mol. The monoisotopic (exact) mass is 497 g/mol. The number of benzene rings is 2. The highest BCUT2D eigenvalue weighted by molar-refractivity contribution is 6.45. The fourth-order valence-electron chi connectivity index (χ4n) is 3.20. The third-order valence-electron chi connectivity index (χ3n) is 4.77. The van der Waals surface area contributed by atoms with E-state index in [1.54, 1.807) is 0 Å². The maximum absolute atomic E-state index is 12.9. The molecule has 0 atom stereocenters. The summed E-state index contributed by atoms with van der Waals surface area (Å²) in [6.45, 7) is 0.336. The molecular formula is C18H13Cl3F3N3O4. The number of aromatic hydroxyl groups is 1. The lowest BCUT2D eigenvalue weighted by Crippen LogP contribution is -2.49. The number of hydrogen-bond donors (Lipinski definition) is 1. The molecule has 0 aromatic heterocycles. The van der Waals surface area contributed by atoms with Gasteiger partial charge in [0.2, 0.25) is 0 Å². The van der Waals surface area contributed by atoms with Gasteiger partial charge in [-0.15, -0.1) is 0 Å². The molecule has 0 spiro atoms. The fraction of sp³-hybridized carbons (Fsp3) is 0.278. The first-order chi connectivity index (χ1) is 14.4. The molecule has 13 heteroatoms. The second-order valence-electron chi connectivity index (χ2n) is 6.62. The van der Waals surface area contributed by atoms with Crippen LogP contribution in [0, 0.1) is 10.1 Å². The van der Waals surface area contributed by atoms with E-state index in [1.807, 2.05) is 0 Å². The van der Waals surface area contributed by atoms with Gasteiger partial charge in [-0.05, 0) is 18.2 Å². The summed E-state index contributed by atoms with van der Waals surface area (Å²) < 4.78 is 38.7. The Morgan fingerprint density at radius 3 is 2.23 bits per heavy atom. The highest BCUT2D eigenvalue weighted by Gasteiger charge is 2.35. The molecule has 0 bridgehead atoms. The zero-order valence-electron chi connectivity index (χ0n) is 15.4. The van der Waals surface area contributed by atoms with E-state index in [-0.39, 0.29) is 52.5 Å². The van der Waals surface area contributed by atoms with Gasteiger partial charge in [0.05, 0.1) is 25.6 Å². The van der Waals surface area contributed by atoms with E-state index >= 15 is 0 Å². The summed E-state index contributed by atoms with van der Waals surface area (Å²) in [5, 5.41) is 21.1. The Morgan fingerprint density at radius 1 is 1.06 bits per heavy atom. The van der Waals surface area contributed by atoms with Gasteiger partial charge in [-0.3, -0.25) is 14.9 Å². The van der Waals surface area contributed by atoms with Gasteiger partial charge >= 0.3 is 6.18 Å². The number of piperazine rings is 1. The van der Waals surface area contributed by atoms with Gasteiger partial charge in [-0.1, -0.05) is 34.8 Å². The second-order valence-corrected chi connectivity index (χ2v) is 7.81. The Labute approximate surface area is 188 Å². The first kappa shape index (κ1) is 23.2. The molecular weight excluding hydrogens is 486 g/mol. The van der Waals surface area contributed by atoms with Crippen molar-refractivity contribution in [2.75, 3.05) is 31.1 Å². The highest BCUT2D eigenvalue weighted by Crippen LogP contribution is 2.40. The average Bonchev–Trinajstić information content (AvgIpc) is 2.71. The second kappa shape index (κ2) is 8.60. The number of nitro groups is 1. The van der Waals surface area contributed by atoms with Gasteiger partial charge in [0.25, 0.3) is 11.6 Å². The van der Waals surface area contributed by atoms with Gasteiger partial charge < -0.3 is 14.9 Å². The van der Waals surface area contributed by atoms with Crippen LogP contribution in [0.4, 0.5) is 24.5 Å². The first-order valence-electron chi connectivity index (χ1n) is 8.68. The van der Waals surface area contributed by atoms with E-state index in [4.69, 9.17) is 34.8 Å². The molecule has 31 heavy (non-hydrogen) atoms. The minimum absolute atomic E-state index is 0.0109. The largest absolute Gasteiger partial charge is 0.505 e. The summed E-state index contributed by atoms with van der Waals surface area (Å²) in [5.41, 5.74) is -2.07. The normalized spacial score (nSPS) is 14.6. The number of carbonyl (C=O) groups excluding carboxylic acids is 1. The fourth-order valence-corrected chi connectivity index (χ4v) is 3.89. The summed E-state index contributed by atoms with van der Waals surface area (Å²) in [6.07, 6.45) is -4.71. The number of anilines is 1. The predicted octanol–water partition coefficient (Wildman–Crippen LogP) is 5.24. The minimum atomic E-state index is -4.71. The number of phenolic OH excluding ortho intramolecular Hbond substituents is 1. The van der Waals surface area contributed by atoms with Crippen molar-refractivity contribution >= 4 is 52.1 Å². The Hall–Kier alpha value is -2.43. The van der Waals surface area contributed by atoms with Gasteiger partial charge in [0, 0.05) is 32.2 Å². The van der Waals surface area contributed by atoms with Crippen LogP contribution >= 0.6 is 34.8 Å². The molecule has 7 nitrogen and oxygen atoms in total. The van der Waals surface area contributed by atoms with E-state index in [2.05, 4.69) is 0 Å². The van der Waals surface area contributed by atoms with Crippen LogP contribution in [-0.2, 0) is 6.18 Å². The maximum Gasteiger partial charge on any atom is 0.416 e. The SMILES string of the molecule is O=C(c1c(O)c(Cl)cc(Cl)c1Cl)N1CCN(c2ccc(C(F)(F)F)cc2[N+](=O)[O-])CC1. The van der Waals surface area contributed by atoms with Crippen molar-refractivity contribution in [2.45, 2.75) is 6.18 Å². The number of halogens is 6. The number of phenols is 1. The third kappa shape index (κ3) is 4.60.